The highest BCUT2D eigenvalue weighted by Gasteiger charge is 2.33. The number of carboxylic acids is 1. The third kappa shape index (κ3) is 3.30. The van der Waals surface area contributed by atoms with Gasteiger partial charge in [-0.3, -0.25) is 4.79 Å². The first-order valence-corrected chi connectivity index (χ1v) is 6.19. The molecule has 17 heavy (non-hydrogen) atoms. The summed E-state index contributed by atoms with van der Waals surface area (Å²) >= 11 is 1.32. The van der Waals surface area contributed by atoms with Gasteiger partial charge in [0.05, 0.1) is 4.88 Å². The van der Waals surface area contributed by atoms with Crippen LogP contribution in [0, 0.1) is 12.3 Å². The zero-order valence-electron chi connectivity index (χ0n) is 10.4. The summed E-state index contributed by atoms with van der Waals surface area (Å²) in [5.74, 6) is -1.33. The Bertz CT molecular complexity index is 431. The number of rotatable bonds is 3. The van der Waals surface area contributed by atoms with E-state index in [1.807, 2.05) is 18.4 Å². The minimum atomic E-state index is -1.01. The van der Waals surface area contributed by atoms with E-state index in [1.165, 1.54) is 11.3 Å². The highest BCUT2D eigenvalue weighted by molar-refractivity contribution is 7.12. The quantitative estimate of drug-likeness (QED) is 0.870. The van der Waals surface area contributed by atoms with Crippen LogP contribution in [0.5, 0.6) is 0 Å². The third-order valence-corrected chi connectivity index (χ3v) is 3.47. The van der Waals surface area contributed by atoms with Crippen LogP contribution in [0.25, 0.3) is 0 Å². The molecule has 5 heteroatoms. The normalized spacial score (nSPS) is 13.2. The number of carboxylic acid groups (broad SMARTS) is 1. The average Bonchev–Trinajstić information content (AvgIpc) is 2.58. The van der Waals surface area contributed by atoms with Gasteiger partial charge in [0, 0.05) is 0 Å². The molecule has 0 saturated heterocycles. The largest absolute Gasteiger partial charge is 0.480 e. The standard InChI is InChI=1S/C12H17NO3S/c1-7-5-6-17-8(7)10(14)13-9(11(15)16)12(2,3)4/h5-6,9H,1-4H3,(H,13,14)(H,15,16). The Balaban J connectivity index is 2.86. The number of amides is 1. The topological polar surface area (TPSA) is 66.4 Å². The van der Waals surface area contributed by atoms with Crippen molar-refractivity contribution in [3.05, 3.63) is 21.9 Å². The molecule has 0 spiro atoms. The van der Waals surface area contributed by atoms with Gasteiger partial charge in [0.1, 0.15) is 6.04 Å². The van der Waals surface area contributed by atoms with Gasteiger partial charge in [-0.25, -0.2) is 4.79 Å². The van der Waals surface area contributed by atoms with Crippen LogP contribution in [0.4, 0.5) is 0 Å². The second kappa shape index (κ2) is 4.87. The summed E-state index contributed by atoms with van der Waals surface area (Å²) < 4.78 is 0. The molecule has 2 N–H and O–H groups in total. The SMILES string of the molecule is Cc1ccsc1C(=O)NC(C(=O)O)C(C)(C)C. The van der Waals surface area contributed by atoms with Crippen LogP contribution in [-0.4, -0.2) is 23.0 Å². The molecule has 1 aromatic rings. The Labute approximate surface area is 105 Å². The first-order valence-electron chi connectivity index (χ1n) is 5.31. The van der Waals surface area contributed by atoms with Crippen molar-refractivity contribution in [1.82, 2.24) is 5.32 Å². The van der Waals surface area contributed by atoms with Crippen molar-refractivity contribution in [2.75, 3.05) is 0 Å². The van der Waals surface area contributed by atoms with Crippen molar-refractivity contribution in [1.29, 1.82) is 0 Å². The number of aryl methyl sites for hydroxylation is 1. The number of carbonyl (C=O) groups is 2. The first-order chi connectivity index (χ1) is 7.73. The summed E-state index contributed by atoms with van der Waals surface area (Å²) in [4.78, 5) is 23.6. The van der Waals surface area contributed by atoms with E-state index in [1.54, 1.807) is 20.8 Å². The van der Waals surface area contributed by atoms with E-state index < -0.39 is 17.4 Å². The van der Waals surface area contributed by atoms with Gasteiger partial charge in [-0.05, 0) is 29.3 Å². The molecular weight excluding hydrogens is 238 g/mol. The number of hydrogen-bond acceptors (Lipinski definition) is 3. The summed E-state index contributed by atoms with van der Waals surface area (Å²) in [6.45, 7) is 7.19. The van der Waals surface area contributed by atoms with Crippen molar-refractivity contribution < 1.29 is 14.7 Å². The van der Waals surface area contributed by atoms with Gasteiger partial charge in [0.25, 0.3) is 5.91 Å². The maximum atomic E-state index is 11.9. The fourth-order valence-electron chi connectivity index (χ4n) is 1.45. The second-order valence-electron chi connectivity index (χ2n) is 5.04. The monoisotopic (exact) mass is 255 g/mol. The molecule has 1 heterocycles. The van der Waals surface area contributed by atoms with Gasteiger partial charge in [-0.1, -0.05) is 20.8 Å². The molecule has 0 aliphatic heterocycles. The molecule has 0 bridgehead atoms. The predicted molar refractivity (Wildman–Crippen MR) is 67.4 cm³/mol. The van der Waals surface area contributed by atoms with Crippen molar-refractivity contribution >= 4 is 23.2 Å². The molecule has 0 fully saturated rings. The Morgan fingerprint density at radius 1 is 1.41 bits per heavy atom. The van der Waals surface area contributed by atoms with Crippen LogP contribution < -0.4 is 5.32 Å². The number of thiophene rings is 1. The minimum Gasteiger partial charge on any atom is -0.480 e. The Kier molecular flexibility index (Phi) is 3.93. The number of hydrogen-bond donors (Lipinski definition) is 2. The summed E-state index contributed by atoms with van der Waals surface area (Å²) in [5, 5.41) is 13.5. The van der Waals surface area contributed by atoms with E-state index in [0.29, 0.717) is 4.88 Å². The van der Waals surface area contributed by atoms with Crippen LogP contribution in [0.1, 0.15) is 36.0 Å². The molecule has 4 nitrogen and oxygen atoms in total. The fourth-order valence-corrected chi connectivity index (χ4v) is 2.28. The number of aliphatic carboxylic acids is 1. The zero-order chi connectivity index (χ0) is 13.2. The highest BCUT2D eigenvalue weighted by Crippen LogP contribution is 2.21. The van der Waals surface area contributed by atoms with E-state index in [9.17, 15) is 9.59 Å². The zero-order valence-corrected chi connectivity index (χ0v) is 11.2. The minimum absolute atomic E-state index is 0.320. The summed E-state index contributed by atoms with van der Waals surface area (Å²) in [6.07, 6.45) is 0. The maximum absolute atomic E-state index is 11.9. The van der Waals surface area contributed by atoms with Crippen LogP contribution in [0.3, 0.4) is 0 Å². The molecule has 94 valence electrons. The van der Waals surface area contributed by atoms with E-state index in [2.05, 4.69) is 5.32 Å². The summed E-state index contributed by atoms with van der Waals surface area (Å²) in [7, 11) is 0. The molecule has 0 aliphatic rings. The molecule has 0 aromatic carbocycles. The molecule has 1 aromatic heterocycles. The molecule has 1 unspecified atom stereocenters. The Morgan fingerprint density at radius 3 is 2.35 bits per heavy atom. The molecular formula is C12H17NO3S. The van der Waals surface area contributed by atoms with Crippen LogP contribution in [0.15, 0.2) is 11.4 Å². The lowest BCUT2D eigenvalue weighted by Crippen LogP contribution is -2.49. The van der Waals surface area contributed by atoms with Gasteiger partial charge >= 0.3 is 5.97 Å². The van der Waals surface area contributed by atoms with Gasteiger partial charge in [-0.15, -0.1) is 11.3 Å². The van der Waals surface area contributed by atoms with Gasteiger partial charge < -0.3 is 10.4 Å². The van der Waals surface area contributed by atoms with E-state index in [-0.39, 0.29) is 5.91 Å². The van der Waals surface area contributed by atoms with Crippen molar-refractivity contribution in [2.45, 2.75) is 33.7 Å². The lowest BCUT2D eigenvalue weighted by atomic mass is 9.86. The molecule has 0 saturated carbocycles. The Hall–Kier alpha value is -1.36. The van der Waals surface area contributed by atoms with Crippen LogP contribution >= 0.6 is 11.3 Å². The molecule has 1 amide bonds. The van der Waals surface area contributed by atoms with Crippen molar-refractivity contribution in [2.24, 2.45) is 5.41 Å². The smallest absolute Gasteiger partial charge is 0.326 e. The highest BCUT2D eigenvalue weighted by atomic mass is 32.1. The fraction of sp³-hybridized carbons (Fsp3) is 0.500. The summed E-state index contributed by atoms with van der Waals surface area (Å²) in [5.41, 5.74) is 0.345. The van der Waals surface area contributed by atoms with Gasteiger partial charge in [0.15, 0.2) is 0 Å². The third-order valence-electron chi connectivity index (χ3n) is 2.46. The second-order valence-corrected chi connectivity index (χ2v) is 5.96. The van der Waals surface area contributed by atoms with E-state index >= 15 is 0 Å². The number of carbonyl (C=O) groups excluding carboxylic acids is 1. The van der Waals surface area contributed by atoms with Gasteiger partial charge in [0.2, 0.25) is 0 Å². The Morgan fingerprint density at radius 2 is 2.00 bits per heavy atom. The molecule has 1 rings (SSSR count). The predicted octanol–water partition coefficient (Wildman–Crippen LogP) is 2.29. The molecule has 0 radical (unpaired) electrons. The van der Waals surface area contributed by atoms with Crippen molar-refractivity contribution in [3.63, 3.8) is 0 Å². The van der Waals surface area contributed by atoms with E-state index in [4.69, 9.17) is 5.11 Å². The maximum Gasteiger partial charge on any atom is 0.326 e. The lowest BCUT2D eigenvalue weighted by Gasteiger charge is -2.27. The first kappa shape index (κ1) is 13.7. The van der Waals surface area contributed by atoms with E-state index in [0.717, 1.165) is 5.56 Å². The van der Waals surface area contributed by atoms with Crippen molar-refractivity contribution in [3.8, 4) is 0 Å². The summed E-state index contributed by atoms with van der Waals surface area (Å²) in [6, 6.07) is 0.948. The molecule has 1 atom stereocenters. The average molecular weight is 255 g/mol. The molecule has 0 aliphatic carbocycles. The number of nitrogens with one attached hydrogen (secondary N) is 1. The lowest BCUT2D eigenvalue weighted by molar-refractivity contribution is -0.142. The van der Waals surface area contributed by atoms with Crippen LogP contribution in [0.2, 0.25) is 0 Å². The van der Waals surface area contributed by atoms with Crippen LogP contribution in [-0.2, 0) is 4.79 Å². The van der Waals surface area contributed by atoms with Gasteiger partial charge in [-0.2, -0.15) is 0 Å².